The largest absolute Gasteiger partial charge is 0.464 e. The fourth-order valence-corrected chi connectivity index (χ4v) is 3.26. The van der Waals surface area contributed by atoms with Crippen molar-refractivity contribution >= 4 is 22.4 Å². The molecule has 3 aromatic rings. The third-order valence-corrected chi connectivity index (χ3v) is 4.75. The van der Waals surface area contributed by atoms with Crippen molar-refractivity contribution in [3.63, 3.8) is 0 Å². The Morgan fingerprint density at radius 3 is 2.56 bits per heavy atom. The number of esters is 1. The van der Waals surface area contributed by atoms with Gasteiger partial charge in [0.1, 0.15) is 5.54 Å². The zero-order valence-electron chi connectivity index (χ0n) is 16.4. The van der Waals surface area contributed by atoms with Crippen LogP contribution in [0.1, 0.15) is 37.5 Å². The number of fused-ring (bicyclic) bond motifs is 1. The van der Waals surface area contributed by atoms with Gasteiger partial charge in [-0.2, -0.15) is 0 Å². The Balaban J connectivity index is 1.94. The zero-order valence-corrected chi connectivity index (χ0v) is 16.4. The second-order valence-electron chi connectivity index (χ2n) is 7.27. The van der Waals surface area contributed by atoms with E-state index in [1.54, 1.807) is 6.20 Å². The van der Waals surface area contributed by atoms with E-state index in [0.29, 0.717) is 6.61 Å². The molecule has 0 spiro atoms. The van der Waals surface area contributed by atoms with Gasteiger partial charge in [-0.1, -0.05) is 36.4 Å². The van der Waals surface area contributed by atoms with Crippen LogP contribution < -0.4 is 5.32 Å². The maximum atomic E-state index is 12.3. The minimum absolute atomic E-state index is 0.270. The van der Waals surface area contributed by atoms with Gasteiger partial charge in [0.15, 0.2) is 0 Å². The Bertz CT molecular complexity index is 964. The molecule has 0 radical (unpaired) electrons. The number of aromatic nitrogens is 1. The van der Waals surface area contributed by atoms with Crippen molar-refractivity contribution in [2.24, 2.45) is 0 Å². The van der Waals surface area contributed by atoms with Gasteiger partial charge in [-0.15, -0.1) is 0 Å². The standard InChI is InChI=1S/C23H26N2O2/c1-5-27-22(26)23(3,4)25-21-12-13-24-15-18(21)14-17-11-10-16(2)19-8-6-7-9-20(17)19/h6-13,15H,5,14H2,1-4H3,(H,24,25). The van der Waals surface area contributed by atoms with Crippen molar-refractivity contribution in [2.75, 3.05) is 11.9 Å². The topological polar surface area (TPSA) is 51.2 Å². The highest BCUT2D eigenvalue weighted by molar-refractivity contribution is 5.89. The first-order valence-corrected chi connectivity index (χ1v) is 9.28. The number of rotatable bonds is 6. The van der Waals surface area contributed by atoms with Gasteiger partial charge in [-0.25, -0.2) is 4.79 Å². The fraction of sp³-hybridized carbons (Fsp3) is 0.304. The normalized spacial score (nSPS) is 11.4. The molecular weight excluding hydrogens is 336 g/mol. The number of hydrogen-bond donors (Lipinski definition) is 1. The predicted molar refractivity (Wildman–Crippen MR) is 110 cm³/mol. The van der Waals surface area contributed by atoms with Crippen molar-refractivity contribution < 1.29 is 9.53 Å². The van der Waals surface area contributed by atoms with Gasteiger partial charge in [0.25, 0.3) is 0 Å². The summed E-state index contributed by atoms with van der Waals surface area (Å²) in [5.74, 6) is -0.270. The van der Waals surface area contributed by atoms with Gasteiger partial charge in [0.05, 0.1) is 6.61 Å². The Kier molecular flexibility index (Phi) is 5.45. The number of nitrogens with zero attached hydrogens (tertiary/aromatic N) is 1. The van der Waals surface area contributed by atoms with Crippen LogP contribution in [0.15, 0.2) is 54.9 Å². The minimum Gasteiger partial charge on any atom is -0.464 e. The molecule has 27 heavy (non-hydrogen) atoms. The van der Waals surface area contributed by atoms with Crippen molar-refractivity contribution in [3.8, 4) is 0 Å². The quantitative estimate of drug-likeness (QED) is 0.635. The van der Waals surface area contributed by atoms with E-state index >= 15 is 0 Å². The van der Waals surface area contributed by atoms with Crippen LogP contribution in [0, 0.1) is 6.92 Å². The van der Waals surface area contributed by atoms with E-state index in [4.69, 9.17) is 4.74 Å². The molecule has 0 fully saturated rings. The van der Waals surface area contributed by atoms with E-state index < -0.39 is 5.54 Å². The van der Waals surface area contributed by atoms with Gasteiger partial charge >= 0.3 is 5.97 Å². The van der Waals surface area contributed by atoms with E-state index in [1.807, 2.05) is 33.0 Å². The van der Waals surface area contributed by atoms with Crippen LogP contribution in [-0.2, 0) is 16.0 Å². The number of nitrogens with one attached hydrogen (secondary N) is 1. The molecule has 1 heterocycles. The lowest BCUT2D eigenvalue weighted by molar-refractivity contribution is -0.147. The maximum Gasteiger partial charge on any atom is 0.331 e. The Hall–Kier alpha value is -2.88. The van der Waals surface area contributed by atoms with Crippen LogP contribution in [-0.4, -0.2) is 23.1 Å². The first kappa shape index (κ1) is 18.9. The fourth-order valence-electron chi connectivity index (χ4n) is 3.26. The molecule has 0 saturated carbocycles. The molecule has 3 rings (SSSR count). The molecule has 0 atom stereocenters. The van der Waals surface area contributed by atoms with E-state index in [2.05, 4.69) is 53.6 Å². The summed E-state index contributed by atoms with van der Waals surface area (Å²) >= 11 is 0. The first-order valence-electron chi connectivity index (χ1n) is 9.28. The number of ether oxygens (including phenoxy) is 1. The molecule has 4 heteroatoms. The lowest BCUT2D eigenvalue weighted by atomic mass is 9.95. The van der Waals surface area contributed by atoms with Crippen molar-refractivity contribution in [3.05, 3.63) is 71.5 Å². The van der Waals surface area contributed by atoms with Crippen LogP contribution in [0.25, 0.3) is 10.8 Å². The van der Waals surface area contributed by atoms with Crippen molar-refractivity contribution in [1.29, 1.82) is 0 Å². The van der Waals surface area contributed by atoms with Crippen molar-refractivity contribution in [2.45, 2.75) is 39.7 Å². The first-order chi connectivity index (χ1) is 12.9. The second kappa shape index (κ2) is 7.78. The molecule has 1 aromatic heterocycles. The molecule has 0 bridgehead atoms. The molecular formula is C23H26N2O2. The number of carbonyl (C=O) groups excluding carboxylic acids is 1. The molecule has 0 saturated heterocycles. The summed E-state index contributed by atoms with van der Waals surface area (Å²) in [6.45, 7) is 7.97. The molecule has 0 unspecified atom stereocenters. The van der Waals surface area contributed by atoms with Gasteiger partial charge in [0, 0.05) is 24.5 Å². The number of anilines is 1. The summed E-state index contributed by atoms with van der Waals surface area (Å²) in [6.07, 6.45) is 4.33. The average molecular weight is 362 g/mol. The van der Waals surface area contributed by atoms with Gasteiger partial charge < -0.3 is 10.1 Å². The summed E-state index contributed by atoms with van der Waals surface area (Å²) in [7, 11) is 0. The third kappa shape index (κ3) is 4.11. The number of hydrogen-bond acceptors (Lipinski definition) is 4. The lowest BCUT2D eigenvalue weighted by Gasteiger charge is -2.26. The number of pyridine rings is 1. The highest BCUT2D eigenvalue weighted by Gasteiger charge is 2.29. The Morgan fingerprint density at radius 1 is 1.07 bits per heavy atom. The smallest absolute Gasteiger partial charge is 0.331 e. The Morgan fingerprint density at radius 2 is 1.81 bits per heavy atom. The molecule has 0 aliphatic rings. The van der Waals surface area contributed by atoms with Gasteiger partial charge in [0.2, 0.25) is 0 Å². The summed E-state index contributed by atoms with van der Waals surface area (Å²) < 4.78 is 5.19. The monoisotopic (exact) mass is 362 g/mol. The predicted octanol–water partition coefficient (Wildman–Crippen LogP) is 4.89. The van der Waals surface area contributed by atoms with Crippen LogP contribution in [0.5, 0.6) is 0 Å². The summed E-state index contributed by atoms with van der Waals surface area (Å²) in [5, 5.41) is 5.85. The van der Waals surface area contributed by atoms with E-state index in [9.17, 15) is 4.79 Å². The van der Waals surface area contributed by atoms with E-state index in [-0.39, 0.29) is 5.97 Å². The van der Waals surface area contributed by atoms with Gasteiger partial charge in [-0.05, 0) is 61.2 Å². The molecule has 2 aromatic carbocycles. The molecule has 0 amide bonds. The summed E-state index contributed by atoms with van der Waals surface area (Å²) in [5.41, 5.74) is 3.63. The zero-order chi connectivity index (χ0) is 19.4. The third-order valence-electron chi connectivity index (χ3n) is 4.75. The number of aryl methyl sites for hydroxylation is 1. The van der Waals surface area contributed by atoms with E-state index in [0.717, 1.165) is 17.7 Å². The van der Waals surface area contributed by atoms with Crippen LogP contribution in [0.3, 0.4) is 0 Å². The average Bonchev–Trinajstić information content (AvgIpc) is 2.66. The van der Waals surface area contributed by atoms with Crippen LogP contribution >= 0.6 is 0 Å². The molecule has 0 aliphatic heterocycles. The van der Waals surface area contributed by atoms with E-state index in [1.165, 1.54) is 21.9 Å². The maximum absolute atomic E-state index is 12.3. The van der Waals surface area contributed by atoms with Crippen LogP contribution in [0.4, 0.5) is 5.69 Å². The summed E-state index contributed by atoms with van der Waals surface area (Å²) in [6, 6.07) is 14.7. The van der Waals surface area contributed by atoms with Crippen LogP contribution in [0.2, 0.25) is 0 Å². The minimum atomic E-state index is -0.818. The van der Waals surface area contributed by atoms with Crippen molar-refractivity contribution in [1.82, 2.24) is 4.98 Å². The highest BCUT2D eigenvalue weighted by Crippen LogP contribution is 2.27. The Labute approximate surface area is 160 Å². The SMILES string of the molecule is CCOC(=O)C(C)(C)Nc1ccncc1Cc1ccc(C)c2ccccc12. The molecule has 0 aliphatic carbocycles. The lowest BCUT2D eigenvalue weighted by Crippen LogP contribution is -2.41. The number of benzene rings is 2. The molecule has 1 N–H and O–H groups in total. The number of carbonyl (C=O) groups is 1. The summed E-state index contributed by atoms with van der Waals surface area (Å²) in [4.78, 5) is 16.5. The highest BCUT2D eigenvalue weighted by atomic mass is 16.5. The second-order valence-corrected chi connectivity index (χ2v) is 7.27. The van der Waals surface area contributed by atoms with Gasteiger partial charge in [-0.3, -0.25) is 4.98 Å². The molecule has 140 valence electrons. The molecule has 4 nitrogen and oxygen atoms in total.